The van der Waals surface area contributed by atoms with Crippen molar-refractivity contribution in [3.8, 4) is 0 Å². The van der Waals surface area contributed by atoms with E-state index in [1.165, 1.54) is 12.1 Å². The molecule has 0 spiro atoms. The maximum Gasteiger partial charge on any atom is 0.296 e. The van der Waals surface area contributed by atoms with Gasteiger partial charge in [0.1, 0.15) is 4.90 Å². The van der Waals surface area contributed by atoms with E-state index in [-0.39, 0.29) is 16.3 Å². The van der Waals surface area contributed by atoms with Crippen LogP contribution in [0.3, 0.4) is 0 Å². The van der Waals surface area contributed by atoms with Crippen LogP contribution in [-0.4, -0.2) is 13.0 Å². The summed E-state index contributed by atoms with van der Waals surface area (Å²) < 4.78 is 32.4. The molecule has 0 aliphatic rings. The van der Waals surface area contributed by atoms with Crippen LogP contribution in [0.5, 0.6) is 0 Å². The first-order valence-corrected chi connectivity index (χ1v) is 8.01. The number of benzene rings is 3. The van der Waals surface area contributed by atoms with Crippen molar-refractivity contribution in [2.24, 2.45) is 0 Å². The number of hydrogen-bond acceptors (Lipinski definition) is 4. The zero-order valence-electron chi connectivity index (χ0n) is 11.5. The van der Waals surface area contributed by atoms with Gasteiger partial charge in [0, 0.05) is 16.8 Å². The molecule has 0 heterocycles. The third kappa shape index (κ3) is 2.74. The normalized spacial score (nSPS) is 11.5. The Morgan fingerprint density at radius 3 is 2.41 bits per heavy atom. The molecule has 112 valence electrons. The van der Waals surface area contributed by atoms with Crippen molar-refractivity contribution in [2.75, 3.05) is 11.1 Å². The van der Waals surface area contributed by atoms with E-state index in [1.54, 1.807) is 6.07 Å². The van der Waals surface area contributed by atoms with Crippen molar-refractivity contribution in [3.63, 3.8) is 0 Å². The Labute approximate surface area is 128 Å². The van der Waals surface area contributed by atoms with E-state index in [1.807, 2.05) is 42.5 Å². The number of nitrogens with one attached hydrogen (secondary N) is 1. The van der Waals surface area contributed by atoms with E-state index in [0.717, 1.165) is 16.5 Å². The van der Waals surface area contributed by atoms with Gasteiger partial charge in [-0.3, -0.25) is 4.55 Å². The molecule has 4 N–H and O–H groups in total. The van der Waals surface area contributed by atoms with Crippen molar-refractivity contribution in [1.29, 1.82) is 0 Å². The van der Waals surface area contributed by atoms with E-state index in [4.69, 9.17) is 5.73 Å². The molecule has 0 aliphatic carbocycles. The van der Waals surface area contributed by atoms with Crippen molar-refractivity contribution in [2.45, 2.75) is 4.90 Å². The van der Waals surface area contributed by atoms with Crippen LogP contribution in [0.2, 0.25) is 0 Å². The molecule has 0 amide bonds. The summed E-state index contributed by atoms with van der Waals surface area (Å²) in [6.07, 6.45) is 0. The first kappa shape index (κ1) is 14.4. The number of rotatable bonds is 3. The monoisotopic (exact) mass is 314 g/mol. The van der Waals surface area contributed by atoms with Crippen LogP contribution in [0.4, 0.5) is 17.1 Å². The van der Waals surface area contributed by atoms with E-state index in [2.05, 4.69) is 5.32 Å². The molecule has 5 nitrogen and oxygen atoms in total. The summed E-state index contributed by atoms with van der Waals surface area (Å²) in [5, 5.41) is 5.03. The average Bonchev–Trinajstić information content (AvgIpc) is 2.48. The lowest BCUT2D eigenvalue weighted by Gasteiger charge is -2.13. The molecule has 0 aliphatic heterocycles. The van der Waals surface area contributed by atoms with E-state index in [0.29, 0.717) is 0 Å². The Kier molecular flexibility index (Phi) is 3.48. The fraction of sp³-hybridized carbons (Fsp3) is 0. The number of nitrogens with two attached hydrogens (primary N) is 1. The summed E-state index contributed by atoms with van der Waals surface area (Å²) in [6, 6.07) is 17.7. The number of nitrogen functional groups attached to an aromatic ring is 1. The Morgan fingerprint density at radius 2 is 1.64 bits per heavy atom. The van der Waals surface area contributed by atoms with Crippen LogP contribution in [0.15, 0.2) is 65.6 Å². The highest BCUT2D eigenvalue weighted by molar-refractivity contribution is 7.86. The third-order valence-electron chi connectivity index (χ3n) is 3.34. The van der Waals surface area contributed by atoms with Gasteiger partial charge in [0.2, 0.25) is 0 Å². The number of anilines is 3. The largest absolute Gasteiger partial charge is 0.399 e. The smallest absolute Gasteiger partial charge is 0.296 e. The van der Waals surface area contributed by atoms with Crippen molar-refractivity contribution >= 4 is 38.0 Å². The van der Waals surface area contributed by atoms with Gasteiger partial charge in [0.15, 0.2) is 0 Å². The van der Waals surface area contributed by atoms with Gasteiger partial charge in [-0.25, -0.2) is 0 Å². The van der Waals surface area contributed by atoms with E-state index in [9.17, 15) is 13.0 Å². The summed E-state index contributed by atoms with van der Waals surface area (Å²) >= 11 is 0. The summed E-state index contributed by atoms with van der Waals surface area (Å²) in [7, 11) is -4.37. The highest BCUT2D eigenvalue weighted by Gasteiger charge is 2.16. The summed E-state index contributed by atoms with van der Waals surface area (Å²) in [4.78, 5) is -0.250. The quantitative estimate of drug-likeness (QED) is 0.509. The maximum atomic E-state index is 11.5. The first-order chi connectivity index (χ1) is 10.4. The fourth-order valence-corrected chi connectivity index (χ4v) is 3.02. The predicted octanol–water partition coefficient (Wildman–Crippen LogP) is 3.41. The molecule has 3 aromatic carbocycles. The maximum absolute atomic E-state index is 11.5. The Balaban J connectivity index is 2.14. The second-order valence-electron chi connectivity index (χ2n) is 4.88. The molecule has 0 atom stereocenters. The molecule has 3 rings (SSSR count). The molecular weight excluding hydrogens is 300 g/mol. The van der Waals surface area contributed by atoms with Crippen molar-refractivity contribution < 1.29 is 13.0 Å². The topological polar surface area (TPSA) is 92.4 Å². The van der Waals surface area contributed by atoms with Crippen molar-refractivity contribution in [1.82, 2.24) is 0 Å². The van der Waals surface area contributed by atoms with Gasteiger partial charge in [-0.05, 0) is 29.7 Å². The molecule has 0 saturated carbocycles. The van der Waals surface area contributed by atoms with Crippen LogP contribution in [0, 0.1) is 0 Å². The molecule has 0 bridgehead atoms. The fourth-order valence-electron chi connectivity index (χ4n) is 2.34. The van der Waals surface area contributed by atoms with Gasteiger partial charge in [0.25, 0.3) is 10.1 Å². The second-order valence-corrected chi connectivity index (χ2v) is 6.27. The highest BCUT2D eigenvalue weighted by atomic mass is 32.2. The van der Waals surface area contributed by atoms with Crippen LogP contribution in [0.25, 0.3) is 10.8 Å². The summed E-state index contributed by atoms with van der Waals surface area (Å²) in [5.74, 6) is 0. The number of fused-ring (bicyclic) bond motifs is 1. The molecule has 0 unspecified atom stereocenters. The number of hydrogen-bond donors (Lipinski definition) is 3. The zero-order chi connectivity index (χ0) is 15.7. The second kappa shape index (κ2) is 5.32. The minimum absolute atomic E-state index is 0.250. The van der Waals surface area contributed by atoms with E-state index >= 15 is 0 Å². The van der Waals surface area contributed by atoms with Crippen LogP contribution >= 0.6 is 0 Å². The lowest BCUT2D eigenvalue weighted by atomic mass is 10.1. The lowest BCUT2D eigenvalue weighted by Crippen LogP contribution is -2.04. The van der Waals surface area contributed by atoms with Crippen LogP contribution in [0.1, 0.15) is 0 Å². The highest BCUT2D eigenvalue weighted by Crippen LogP contribution is 2.30. The Bertz CT molecular complexity index is 947. The van der Waals surface area contributed by atoms with Gasteiger partial charge in [-0.1, -0.05) is 36.4 Å². The Hall–Kier alpha value is -2.57. The molecule has 0 fully saturated rings. The zero-order valence-corrected chi connectivity index (χ0v) is 12.3. The standard InChI is InChI=1S/C16H14N2O3S/c17-12-8-9-15(16(10-12)22(19,20)21)18-14-7-3-5-11-4-1-2-6-13(11)14/h1-10,18H,17H2,(H,19,20,21). The molecule has 0 aromatic heterocycles. The lowest BCUT2D eigenvalue weighted by molar-refractivity contribution is 0.483. The van der Waals surface area contributed by atoms with E-state index < -0.39 is 10.1 Å². The van der Waals surface area contributed by atoms with Gasteiger partial charge in [0.05, 0.1) is 5.69 Å². The predicted molar refractivity (Wildman–Crippen MR) is 87.9 cm³/mol. The summed E-state index contributed by atoms with van der Waals surface area (Å²) in [5.41, 5.74) is 6.88. The van der Waals surface area contributed by atoms with Gasteiger partial charge in [-0.2, -0.15) is 8.42 Å². The first-order valence-electron chi connectivity index (χ1n) is 6.57. The molecule has 0 saturated heterocycles. The minimum atomic E-state index is -4.37. The molecule has 6 heteroatoms. The minimum Gasteiger partial charge on any atom is -0.399 e. The third-order valence-corrected chi connectivity index (χ3v) is 4.24. The van der Waals surface area contributed by atoms with Crippen LogP contribution < -0.4 is 11.1 Å². The summed E-state index contributed by atoms with van der Waals surface area (Å²) in [6.45, 7) is 0. The van der Waals surface area contributed by atoms with Crippen molar-refractivity contribution in [3.05, 3.63) is 60.7 Å². The molecule has 22 heavy (non-hydrogen) atoms. The molecular formula is C16H14N2O3S. The average molecular weight is 314 g/mol. The molecule has 3 aromatic rings. The SMILES string of the molecule is Nc1ccc(Nc2cccc3ccccc23)c(S(=O)(=O)O)c1. The van der Waals surface area contributed by atoms with Gasteiger partial charge >= 0.3 is 0 Å². The van der Waals surface area contributed by atoms with Crippen LogP contribution in [-0.2, 0) is 10.1 Å². The Morgan fingerprint density at radius 1 is 0.909 bits per heavy atom. The van der Waals surface area contributed by atoms with Gasteiger partial charge < -0.3 is 11.1 Å². The molecule has 0 radical (unpaired) electrons. The van der Waals surface area contributed by atoms with Gasteiger partial charge in [-0.15, -0.1) is 0 Å².